The first-order valence-electron chi connectivity index (χ1n) is 5.59. The van der Waals surface area contributed by atoms with Crippen molar-refractivity contribution in [3.8, 4) is 0 Å². The van der Waals surface area contributed by atoms with E-state index in [1.165, 1.54) is 0 Å². The Morgan fingerprint density at radius 2 is 2.12 bits per heavy atom. The van der Waals surface area contributed by atoms with Crippen molar-refractivity contribution in [1.29, 1.82) is 0 Å². The van der Waals surface area contributed by atoms with Gasteiger partial charge in [0.15, 0.2) is 0 Å². The molecule has 0 radical (unpaired) electrons. The average molecular weight is 233 g/mol. The first-order chi connectivity index (χ1) is 7.91. The van der Waals surface area contributed by atoms with E-state index in [1.54, 1.807) is 13.0 Å². The lowest BCUT2D eigenvalue weighted by Gasteiger charge is -2.27. The normalized spacial score (nSPS) is 14.1. The molecule has 0 aliphatic rings. The van der Waals surface area contributed by atoms with E-state index in [9.17, 15) is 9.90 Å². The molecule has 92 valence electrons. The third-order valence-corrected chi connectivity index (χ3v) is 3.11. The fraction of sp³-hybridized carbons (Fsp3) is 0.357. The summed E-state index contributed by atoms with van der Waals surface area (Å²) in [5.41, 5.74) is 1.93. The number of benzene rings is 1. The predicted octanol–water partition coefficient (Wildman–Crippen LogP) is 2.38. The Morgan fingerprint density at radius 3 is 2.59 bits per heavy atom. The summed E-state index contributed by atoms with van der Waals surface area (Å²) in [5.74, 6) is -0.886. The van der Waals surface area contributed by atoms with Crippen molar-refractivity contribution in [2.24, 2.45) is 0 Å². The van der Waals surface area contributed by atoms with Crippen LogP contribution in [0.25, 0.3) is 0 Å². The molecule has 0 aliphatic carbocycles. The molecule has 1 rings (SSSR count). The summed E-state index contributed by atoms with van der Waals surface area (Å²) < 4.78 is 0. The number of carbonyl (C=O) groups is 1. The Kier molecular flexibility index (Phi) is 4.07. The van der Waals surface area contributed by atoms with Crippen molar-refractivity contribution in [1.82, 2.24) is 5.32 Å². The molecular weight excluding hydrogens is 214 g/mol. The standard InChI is InChI=1S/C14H19NO2/c1-5-8-15-14(4,13(16)17)12-7-6-10(2)11(3)9-12/h5-7,9,15H,1,8H2,2-4H3,(H,16,17). The Bertz CT molecular complexity index is 440. The van der Waals surface area contributed by atoms with Gasteiger partial charge in [-0.15, -0.1) is 6.58 Å². The molecule has 0 amide bonds. The lowest BCUT2D eigenvalue weighted by molar-refractivity contribution is -0.144. The van der Waals surface area contributed by atoms with E-state index in [0.29, 0.717) is 6.54 Å². The number of rotatable bonds is 5. The molecule has 1 atom stereocenters. The lowest BCUT2D eigenvalue weighted by atomic mass is 9.89. The second-order valence-electron chi connectivity index (χ2n) is 4.40. The van der Waals surface area contributed by atoms with Gasteiger partial charge in [0.2, 0.25) is 0 Å². The van der Waals surface area contributed by atoms with Gasteiger partial charge in [0.05, 0.1) is 0 Å². The van der Waals surface area contributed by atoms with Crippen LogP contribution < -0.4 is 5.32 Å². The maximum absolute atomic E-state index is 11.4. The van der Waals surface area contributed by atoms with Gasteiger partial charge in [0, 0.05) is 6.54 Å². The average Bonchev–Trinajstić information content (AvgIpc) is 2.29. The van der Waals surface area contributed by atoms with Crippen LogP contribution in [0, 0.1) is 13.8 Å². The largest absolute Gasteiger partial charge is 0.480 e. The van der Waals surface area contributed by atoms with Gasteiger partial charge >= 0.3 is 5.97 Å². The highest BCUT2D eigenvalue weighted by atomic mass is 16.4. The minimum Gasteiger partial charge on any atom is -0.480 e. The van der Waals surface area contributed by atoms with Gasteiger partial charge in [-0.25, -0.2) is 4.79 Å². The number of hydrogen-bond acceptors (Lipinski definition) is 2. The monoisotopic (exact) mass is 233 g/mol. The molecule has 0 aromatic heterocycles. The Balaban J connectivity index is 3.17. The van der Waals surface area contributed by atoms with Crippen molar-refractivity contribution in [2.45, 2.75) is 26.3 Å². The molecule has 0 saturated heterocycles. The summed E-state index contributed by atoms with van der Waals surface area (Å²) >= 11 is 0. The molecule has 0 aliphatic heterocycles. The lowest BCUT2D eigenvalue weighted by Crippen LogP contribution is -2.46. The van der Waals surface area contributed by atoms with Crippen molar-refractivity contribution in [2.75, 3.05) is 6.54 Å². The molecule has 3 nitrogen and oxygen atoms in total. The zero-order chi connectivity index (χ0) is 13.1. The Hall–Kier alpha value is -1.61. The molecule has 3 heteroatoms. The quantitative estimate of drug-likeness (QED) is 0.768. The van der Waals surface area contributed by atoms with E-state index in [2.05, 4.69) is 11.9 Å². The highest BCUT2D eigenvalue weighted by molar-refractivity contribution is 5.80. The van der Waals surface area contributed by atoms with E-state index in [-0.39, 0.29) is 0 Å². The van der Waals surface area contributed by atoms with Crippen LogP contribution in [0.5, 0.6) is 0 Å². The van der Waals surface area contributed by atoms with Crippen LogP contribution in [0.1, 0.15) is 23.6 Å². The van der Waals surface area contributed by atoms with Crippen molar-refractivity contribution < 1.29 is 9.90 Å². The predicted molar refractivity (Wildman–Crippen MR) is 69.1 cm³/mol. The maximum Gasteiger partial charge on any atom is 0.328 e. The summed E-state index contributed by atoms with van der Waals surface area (Å²) in [6, 6.07) is 5.72. The first-order valence-corrected chi connectivity index (χ1v) is 5.59. The molecule has 1 unspecified atom stereocenters. The molecular formula is C14H19NO2. The highest BCUT2D eigenvalue weighted by Crippen LogP contribution is 2.23. The fourth-order valence-electron chi connectivity index (χ4n) is 1.63. The maximum atomic E-state index is 11.4. The van der Waals surface area contributed by atoms with Crippen LogP contribution in [0.4, 0.5) is 0 Å². The van der Waals surface area contributed by atoms with Crippen LogP contribution in [0.15, 0.2) is 30.9 Å². The zero-order valence-electron chi connectivity index (χ0n) is 10.6. The van der Waals surface area contributed by atoms with Crippen molar-refractivity contribution >= 4 is 5.97 Å². The van der Waals surface area contributed by atoms with Gasteiger partial charge in [-0.3, -0.25) is 5.32 Å². The van der Waals surface area contributed by atoms with Gasteiger partial charge < -0.3 is 5.11 Å². The van der Waals surface area contributed by atoms with Crippen LogP contribution in [-0.2, 0) is 10.3 Å². The van der Waals surface area contributed by atoms with Gasteiger partial charge in [0.25, 0.3) is 0 Å². The molecule has 0 bridgehead atoms. The van der Waals surface area contributed by atoms with E-state index >= 15 is 0 Å². The second kappa shape index (κ2) is 5.15. The number of carboxylic acids is 1. The smallest absolute Gasteiger partial charge is 0.328 e. The molecule has 0 saturated carbocycles. The van der Waals surface area contributed by atoms with Gasteiger partial charge in [-0.2, -0.15) is 0 Å². The third-order valence-electron chi connectivity index (χ3n) is 3.11. The molecule has 2 N–H and O–H groups in total. The first kappa shape index (κ1) is 13.5. The summed E-state index contributed by atoms with van der Waals surface area (Å²) in [4.78, 5) is 11.4. The summed E-state index contributed by atoms with van der Waals surface area (Å²) in [5, 5.41) is 12.4. The number of carboxylic acid groups (broad SMARTS) is 1. The Labute approximate surface area is 102 Å². The van der Waals surface area contributed by atoms with Crippen molar-refractivity contribution in [3.05, 3.63) is 47.5 Å². The van der Waals surface area contributed by atoms with E-state index < -0.39 is 11.5 Å². The van der Waals surface area contributed by atoms with Crippen LogP contribution >= 0.6 is 0 Å². The second-order valence-corrected chi connectivity index (χ2v) is 4.40. The van der Waals surface area contributed by atoms with Gasteiger partial charge in [-0.05, 0) is 37.5 Å². The van der Waals surface area contributed by atoms with E-state index in [4.69, 9.17) is 0 Å². The molecule has 0 fully saturated rings. The van der Waals surface area contributed by atoms with Crippen LogP contribution in [0.2, 0.25) is 0 Å². The van der Waals surface area contributed by atoms with Gasteiger partial charge in [0.1, 0.15) is 5.54 Å². The molecule has 0 heterocycles. The van der Waals surface area contributed by atoms with Crippen LogP contribution in [0.3, 0.4) is 0 Å². The topological polar surface area (TPSA) is 49.3 Å². The minimum atomic E-state index is -1.08. The van der Waals surface area contributed by atoms with Crippen molar-refractivity contribution in [3.63, 3.8) is 0 Å². The number of aliphatic carboxylic acids is 1. The minimum absolute atomic E-state index is 0.454. The number of nitrogens with one attached hydrogen (secondary N) is 1. The number of hydrogen-bond donors (Lipinski definition) is 2. The molecule has 0 spiro atoms. The summed E-state index contributed by atoms with van der Waals surface area (Å²) in [6.07, 6.45) is 1.65. The van der Waals surface area contributed by atoms with E-state index in [0.717, 1.165) is 16.7 Å². The third kappa shape index (κ3) is 2.74. The van der Waals surface area contributed by atoms with E-state index in [1.807, 2.05) is 32.0 Å². The number of aryl methyl sites for hydroxylation is 2. The molecule has 17 heavy (non-hydrogen) atoms. The Morgan fingerprint density at radius 1 is 1.47 bits per heavy atom. The molecule has 1 aromatic carbocycles. The SMILES string of the molecule is C=CCNC(C)(C(=O)O)c1ccc(C)c(C)c1. The van der Waals surface area contributed by atoms with Crippen LogP contribution in [-0.4, -0.2) is 17.6 Å². The summed E-state index contributed by atoms with van der Waals surface area (Å²) in [6.45, 7) is 9.71. The molecule has 1 aromatic rings. The zero-order valence-corrected chi connectivity index (χ0v) is 10.6. The summed E-state index contributed by atoms with van der Waals surface area (Å²) in [7, 11) is 0. The fourth-order valence-corrected chi connectivity index (χ4v) is 1.63. The highest BCUT2D eigenvalue weighted by Gasteiger charge is 2.34. The van der Waals surface area contributed by atoms with Gasteiger partial charge in [-0.1, -0.05) is 24.3 Å².